The van der Waals surface area contributed by atoms with Gasteiger partial charge in [0.25, 0.3) is 0 Å². The molecule has 0 aliphatic heterocycles. The number of hydrogen-bond donors (Lipinski definition) is 0. The van der Waals surface area contributed by atoms with Gasteiger partial charge in [0, 0.05) is 30.1 Å². The lowest BCUT2D eigenvalue weighted by Gasteiger charge is -2.19. The molecule has 0 amide bonds. The summed E-state index contributed by atoms with van der Waals surface area (Å²) in [5, 5.41) is 0. The summed E-state index contributed by atoms with van der Waals surface area (Å²) < 4.78 is 11.8. The van der Waals surface area contributed by atoms with Gasteiger partial charge in [-0.2, -0.15) is 0 Å². The third kappa shape index (κ3) is 3.39. The standard InChI is InChI=1S/C20H22N2O2/c1-4-23-14-20(2,3)19-22-17(15-9-6-5-7-10-15)18(24-19)16-11-8-12-21-13-16/h5-13H,4,14H2,1-3H3. The summed E-state index contributed by atoms with van der Waals surface area (Å²) in [6.45, 7) is 7.38. The van der Waals surface area contributed by atoms with Gasteiger partial charge in [0.2, 0.25) is 5.89 Å². The summed E-state index contributed by atoms with van der Waals surface area (Å²) in [4.78, 5) is 9.01. The van der Waals surface area contributed by atoms with E-state index < -0.39 is 0 Å². The molecule has 0 saturated carbocycles. The smallest absolute Gasteiger partial charge is 0.203 e. The van der Waals surface area contributed by atoms with Crippen LogP contribution in [0.5, 0.6) is 0 Å². The molecule has 0 radical (unpaired) electrons. The zero-order chi connectivity index (χ0) is 17.0. The highest BCUT2D eigenvalue weighted by atomic mass is 16.5. The fourth-order valence-electron chi connectivity index (χ4n) is 2.51. The monoisotopic (exact) mass is 322 g/mol. The average molecular weight is 322 g/mol. The van der Waals surface area contributed by atoms with Crippen LogP contribution in [0.2, 0.25) is 0 Å². The Morgan fingerprint density at radius 1 is 1.04 bits per heavy atom. The fraction of sp³-hybridized carbons (Fsp3) is 0.300. The van der Waals surface area contributed by atoms with Crippen molar-refractivity contribution < 1.29 is 9.15 Å². The van der Waals surface area contributed by atoms with Gasteiger partial charge in [0.1, 0.15) is 5.69 Å². The second-order valence-corrected chi connectivity index (χ2v) is 6.33. The Morgan fingerprint density at radius 3 is 2.46 bits per heavy atom. The zero-order valence-electron chi connectivity index (χ0n) is 14.3. The molecule has 0 saturated heterocycles. The molecular formula is C20H22N2O2. The van der Waals surface area contributed by atoms with Crippen molar-refractivity contribution in [3.8, 4) is 22.6 Å². The number of nitrogens with zero attached hydrogens (tertiary/aromatic N) is 2. The molecule has 1 aromatic carbocycles. The van der Waals surface area contributed by atoms with E-state index in [1.807, 2.05) is 49.4 Å². The number of ether oxygens (including phenoxy) is 1. The van der Waals surface area contributed by atoms with Crippen LogP contribution in [0.25, 0.3) is 22.6 Å². The molecule has 0 aliphatic carbocycles. The molecule has 0 fully saturated rings. The third-order valence-electron chi connectivity index (χ3n) is 3.84. The van der Waals surface area contributed by atoms with Gasteiger partial charge in [-0.05, 0) is 32.9 Å². The zero-order valence-corrected chi connectivity index (χ0v) is 14.3. The van der Waals surface area contributed by atoms with Gasteiger partial charge in [-0.3, -0.25) is 4.98 Å². The number of pyridine rings is 1. The fourth-order valence-corrected chi connectivity index (χ4v) is 2.51. The van der Waals surface area contributed by atoms with E-state index in [0.29, 0.717) is 19.1 Å². The lowest BCUT2D eigenvalue weighted by molar-refractivity contribution is 0.0945. The van der Waals surface area contributed by atoms with Gasteiger partial charge in [0.15, 0.2) is 5.76 Å². The highest BCUT2D eigenvalue weighted by molar-refractivity contribution is 5.76. The van der Waals surface area contributed by atoms with Crippen molar-refractivity contribution in [2.75, 3.05) is 13.2 Å². The number of hydrogen-bond acceptors (Lipinski definition) is 4. The van der Waals surface area contributed by atoms with Crippen molar-refractivity contribution >= 4 is 0 Å². The van der Waals surface area contributed by atoms with Crippen LogP contribution in [0.4, 0.5) is 0 Å². The van der Waals surface area contributed by atoms with E-state index in [4.69, 9.17) is 14.1 Å². The number of aromatic nitrogens is 2. The normalized spacial score (nSPS) is 11.6. The topological polar surface area (TPSA) is 48.2 Å². The molecule has 0 unspecified atom stereocenters. The predicted molar refractivity (Wildman–Crippen MR) is 94.7 cm³/mol. The summed E-state index contributed by atoms with van der Waals surface area (Å²) in [5.41, 5.74) is 2.48. The van der Waals surface area contributed by atoms with E-state index in [1.165, 1.54) is 0 Å². The first kappa shape index (κ1) is 16.4. The van der Waals surface area contributed by atoms with Crippen molar-refractivity contribution in [2.45, 2.75) is 26.2 Å². The van der Waals surface area contributed by atoms with Crippen LogP contribution >= 0.6 is 0 Å². The van der Waals surface area contributed by atoms with Gasteiger partial charge in [-0.1, -0.05) is 30.3 Å². The van der Waals surface area contributed by atoms with Gasteiger partial charge >= 0.3 is 0 Å². The number of rotatable bonds is 6. The molecular weight excluding hydrogens is 300 g/mol. The van der Waals surface area contributed by atoms with Crippen LogP contribution in [-0.4, -0.2) is 23.2 Å². The predicted octanol–water partition coefficient (Wildman–Crippen LogP) is 4.72. The average Bonchev–Trinajstić information content (AvgIpc) is 3.08. The largest absolute Gasteiger partial charge is 0.439 e. The molecule has 0 spiro atoms. The molecule has 2 aromatic heterocycles. The van der Waals surface area contributed by atoms with Crippen LogP contribution in [0.3, 0.4) is 0 Å². The van der Waals surface area contributed by atoms with Crippen LogP contribution in [0.15, 0.2) is 59.3 Å². The summed E-state index contributed by atoms with van der Waals surface area (Å²) in [7, 11) is 0. The summed E-state index contributed by atoms with van der Waals surface area (Å²) in [6, 6.07) is 14.0. The summed E-state index contributed by atoms with van der Waals surface area (Å²) >= 11 is 0. The molecule has 24 heavy (non-hydrogen) atoms. The molecule has 0 aliphatic rings. The molecule has 4 nitrogen and oxygen atoms in total. The van der Waals surface area contributed by atoms with Crippen molar-refractivity contribution in [3.05, 3.63) is 60.7 Å². The maximum absolute atomic E-state index is 6.19. The van der Waals surface area contributed by atoms with E-state index in [9.17, 15) is 0 Å². The first-order valence-corrected chi connectivity index (χ1v) is 8.16. The Kier molecular flexibility index (Phi) is 4.76. The first-order chi connectivity index (χ1) is 11.6. The van der Waals surface area contributed by atoms with E-state index in [1.54, 1.807) is 12.4 Å². The van der Waals surface area contributed by atoms with Crippen molar-refractivity contribution in [2.24, 2.45) is 0 Å². The lowest BCUT2D eigenvalue weighted by atomic mass is 9.95. The first-order valence-electron chi connectivity index (χ1n) is 8.16. The molecule has 0 atom stereocenters. The molecule has 3 aromatic rings. The SMILES string of the molecule is CCOCC(C)(C)c1nc(-c2ccccc2)c(-c2cccnc2)o1. The molecule has 124 valence electrons. The van der Waals surface area contributed by atoms with E-state index in [0.717, 1.165) is 22.6 Å². The minimum Gasteiger partial charge on any atom is -0.439 e. The van der Waals surface area contributed by atoms with Crippen LogP contribution in [0, 0.1) is 0 Å². The molecule has 3 rings (SSSR count). The highest BCUT2D eigenvalue weighted by Gasteiger charge is 2.29. The summed E-state index contributed by atoms with van der Waals surface area (Å²) in [6.07, 6.45) is 3.55. The Bertz CT molecular complexity index is 723. The molecule has 0 bridgehead atoms. The Labute approximate surface area is 142 Å². The van der Waals surface area contributed by atoms with E-state index in [-0.39, 0.29) is 5.41 Å². The Hall–Kier alpha value is -2.46. The van der Waals surface area contributed by atoms with Crippen molar-refractivity contribution in [3.63, 3.8) is 0 Å². The molecule has 2 heterocycles. The third-order valence-corrected chi connectivity index (χ3v) is 3.84. The second kappa shape index (κ2) is 6.97. The maximum atomic E-state index is 6.19. The minimum absolute atomic E-state index is 0.306. The van der Waals surface area contributed by atoms with E-state index >= 15 is 0 Å². The van der Waals surface area contributed by atoms with Crippen LogP contribution < -0.4 is 0 Å². The van der Waals surface area contributed by atoms with Crippen molar-refractivity contribution in [1.82, 2.24) is 9.97 Å². The number of oxazole rings is 1. The second-order valence-electron chi connectivity index (χ2n) is 6.33. The molecule has 4 heteroatoms. The number of benzene rings is 1. The Balaban J connectivity index is 2.10. The quantitative estimate of drug-likeness (QED) is 0.659. The molecule has 0 N–H and O–H groups in total. The maximum Gasteiger partial charge on any atom is 0.203 e. The van der Waals surface area contributed by atoms with Crippen molar-refractivity contribution in [1.29, 1.82) is 0 Å². The summed E-state index contributed by atoms with van der Waals surface area (Å²) in [5.74, 6) is 1.42. The van der Waals surface area contributed by atoms with E-state index in [2.05, 4.69) is 18.8 Å². The van der Waals surface area contributed by atoms with Gasteiger partial charge < -0.3 is 9.15 Å². The van der Waals surface area contributed by atoms with Gasteiger partial charge in [0.05, 0.1) is 12.0 Å². The lowest BCUT2D eigenvalue weighted by Crippen LogP contribution is -2.24. The van der Waals surface area contributed by atoms with Crippen LogP contribution in [0.1, 0.15) is 26.7 Å². The highest BCUT2D eigenvalue weighted by Crippen LogP contribution is 2.36. The van der Waals surface area contributed by atoms with Gasteiger partial charge in [-0.25, -0.2) is 4.98 Å². The van der Waals surface area contributed by atoms with Crippen LogP contribution in [-0.2, 0) is 10.2 Å². The Morgan fingerprint density at radius 2 is 1.79 bits per heavy atom. The minimum atomic E-state index is -0.306. The van der Waals surface area contributed by atoms with Gasteiger partial charge in [-0.15, -0.1) is 0 Å².